The number of hydrogen-bond donors (Lipinski definition) is 0. The van der Waals surface area contributed by atoms with Crippen LogP contribution in [0.3, 0.4) is 0 Å². The van der Waals surface area contributed by atoms with Gasteiger partial charge in [0.1, 0.15) is 5.69 Å². The van der Waals surface area contributed by atoms with Gasteiger partial charge >= 0.3 is 0 Å². The summed E-state index contributed by atoms with van der Waals surface area (Å²) in [6, 6.07) is 36.7. The van der Waals surface area contributed by atoms with Crippen LogP contribution in [0.2, 0.25) is 0 Å². The van der Waals surface area contributed by atoms with Crippen molar-refractivity contribution < 1.29 is 0 Å². The van der Waals surface area contributed by atoms with E-state index >= 15 is 0 Å². The van der Waals surface area contributed by atoms with Crippen molar-refractivity contribution in [3.05, 3.63) is 140 Å². The van der Waals surface area contributed by atoms with Gasteiger partial charge in [0.15, 0.2) is 0 Å². The number of para-hydroxylation sites is 2. The molecule has 0 aliphatic rings. The van der Waals surface area contributed by atoms with Gasteiger partial charge in [0.2, 0.25) is 4.80 Å². The number of benzene rings is 4. The van der Waals surface area contributed by atoms with Gasteiger partial charge < -0.3 is 0 Å². The average molecular weight is 655 g/mol. The van der Waals surface area contributed by atoms with Crippen LogP contribution in [-0.4, -0.2) is 20.6 Å². The molecule has 6 aromatic rings. The molecule has 4 aromatic carbocycles. The number of aromatic nitrogens is 3. The number of nitrogens with zero attached hydrogens (tertiary/aromatic N) is 5. The number of rotatable bonds is 6. The fourth-order valence-corrected chi connectivity index (χ4v) is 5.59. The molecule has 2 aromatic heterocycles. The van der Waals surface area contributed by atoms with E-state index in [0.29, 0.717) is 0 Å². The average Bonchev–Trinajstić information content (AvgIpc) is 3.60. The first-order valence-corrected chi connectivity index (χ1v) is 14.6. The fourth-order valence-electron chi connectivity index (χ4n) is 4.20. The number of thiazole rings is 1. The summed E-state index contributed by atoms with van der Waals surface area (Å²) in [5.41, 5.74) is 6.88. The highest BCUT2D eigenvalue weighted by Crippen LogP contribution is 2.26. The second kappa shape index (κ2) is 11.5. The van der Waals surface area contributed by atoms with Crippen molar-refractivity contribution in [1.82, 2.24) is 14.3 Å². The molecule has 0 spiro atoms. The third-order valence-corrected chi connectivity index (χ3v) is 7.96. The van der Waals surface area contributed by atoms with Gasteiger partial charge in [0.25, 0.3) is 0 Å². The van der Waals surface area contributed by atoms with Gasteiger partial charge in [0, 0.05) is 37.3 Å². The monoisotopic (exact) mass is 653 g/mol. The molecular formula is C31H21Br2N5S. The first-order valence-electron chi connectivity index (χ1n) is 12.2. The largest absolute Gasteiger partial charge is 0.284 e. The Morgan fingerprint density at radius 1 is 0.692 bits per heavy atom. The van der Waals surface area contributed by atoms with Crippen molar-refractivity contribution in [2.45, 2.75) is 0 Å². The molecule has 0 atom stereocenters. The van der Waals surface area contributed by atoms with Crippen LogP contribution in [0, 0.1) is 0 Å². The Bertz CT molecular complexity index is 1800. The molecule has 190 valence electrons. The molecule has 0 saturated heterocycles. The molecule has 0 amide bonds. The second-order valence-electron chi connectivity index (χ2n) is 8.65. The van der Waals surface area contributed by atoms with Gasteiger partial charge in [-0.2, -0.15) is 10.2 Å². The minimum absolute atomic E-state index is 0.774. The molecule has 0 aliphatic carbocycles. The molecule has 0 aliphatic heterocycles. The van der Waals surface area contributed by atoms with Crippen LogP contribution in [0.1, 0.15) is 5.56 Å². The molecule has 5 nitrogen and oxygen atoms in total. The molecule has 6 rings (SSSR count). The van der Waals surface area contributed by atoms with Crippen LogP contribution >= 0.6 is 43.2 Å². The van der Waals surface area contributed by atoms with Gasteiger partial charge in [0.05, 0.1) is 17.6 Å². The Morgan fingerprint density at radius 2 is 1.28 bits per heavy atom. The number of hydrogen-bond acceptors (Lipinski definition) is 4. The lowest BCUT2D eigenvalue weighted by Gasteiger charge is -2.09. The second-order valence-corrected chi connectivity index (χ2v) is 11.3. The van der Waals surface area contributed by atoms with Gasteiger partial charge in [-0.15, -0.1) is 16.4 Å². The van der Waals surface area contributed by atoms with Crippen molar-refractivity contribution in [3.63, 3.8) is 0 Å². The molecular weight excluding hydrogens is 634 g/mol. The minimum Gasteiger partial charge on any atom is -0.284 e. The van der Waals surface area contributed by atoms with E-state index in [1.54, 1.807) is 17.6 Å². The van der Waals surface area contributed by atoms with Crippen molar-refractivity contribution in [3.8, 4) is 33.9 Å². The maximum Gasteiger partial charge on any atom is 0.215 e. The van der Waals surface area contributed by atoms with E-state index in [1.807, 2.05) is 95.8 Å². The SMILES string of the molecule is Brc1ccc(-c2nn(-c3ccccc3)cc2/C=N\N=c2/scc(-c3ccc(Br)cc3)n2-c2ccccc2)cc1. The van der Waals surface area contributed by atoms with Crippen LogP contribution in [0.15, 0.2) is 140 Å². The molecule has 0 unspecified atom stereocenters. The zero-order chi connectivity index (χ0) is 26.6. The Hall–Kier alpha value is -3.85. The Morgan fingerprint density at radius 3 is 1.92 bits per heavy atom. The highest BCUT2D eigenvalue weighted by molar-refractivity contribution is 9.10. The summed E-state index contributed by atoms with van der Waals surface area (Å²) in [6.45, 7) is 0. The lowest BCUT2D eigenvalue weighted by molar-refractivity contribution is 0.884. The maximum absolute atomic E-state index is 4.88. The van der Waals surface area contributed by atoms with Crippen molar-refractivity contribution in [2.24, 2.45) is 10.2 Å². The lowest BCUT2D eigenvalue weighted by atomic mass is 10.1. The summed E-state index contributed by atoms with van der Waals surface area (Å²) in [5.74, 6) is 0. The van der Waals surface area contributed by atoms with Crippen molar-refractivity contribution in [2.75, 3.05) is 0 Å². The van der Waals surface area contributed by atoms with Crippen LogP contribution in [0.5, 0.6) is 0 Å². The van der Waals surface area contributed by atoms with E-state index in [1.165, 1.54) is 0 Å². The van der Waals surface area contributed by atoms with Gasteiger partial charge in [-0.1, -0.05) is 92.5 Å². The van der Waals surface area contributed by atoms with Crippen molar-refractivity contribution in [1.29, 1.82) is 0 Å². The van der Waals surface area contributed by atoms with E-state index in [4.69, 9.17) is 5.10 Å². The summed E-state index contributed by atoms with van der Waals surface area (Å²) in [7, 11) is 0. The van der Waals surface area contributed by atoms with Gasteiger partial charge in [-0.05, 0) is 54.1 Å². The zero-order valence-electron chi connectivity index (χ0n) is 20.5. The standard InChI is InChI=1S/C31H21Br2N5S/c32-25-15-11-22(12-16-25)29-21-39-31(38(29)28-9-5-2-6-10-28)35-34-19-24-20-37(27-7-3-1-4-8-27)36-30(24)23-13-17-26(33)18-14-23/h1-21H/b34-19-,35-31-. The van der Waals surface area contributed by atoms with Crippen LogP contribution in [-0.2, 0) is 0 Å². The predicted molar refractivity (Wildman–Crippen MR) is 167 cm³/mol. The smallest absolute Gasteiger partial charge is 0.215 e. The third-order valence-electron chi connectivity index (χ3n) is 6.08. The third kappa shape index (κ3) is 5.63. The van der Waals surface area contributed by atoms with E-state index in [2.05, 4.69) is 76.3 Å². The Labute approximate surface area is 246 Å². The van der Waals surface area contributed by atoms with Crippen LogP contribution in [0.4, 0.5) is 0 Å². The lowest BCUT2D eigenvalue weighted by Crippen LogP contribution is -2.13. The van der Waals surface area contributed by atoms with E-state index < -0.39 is 0 Å². The summed E-state index contributed by atoms with van der Waals surface area (Å²) < 4.78 is 6.07. The summed E-state index contributed by atoms with van der Waals surface area (Å²) in [4.78, 5) is 0.774. The molecule has 39 heavy (non-hydrogen) atoms. The van der Waals surface area contributed by atoms with Crippen molar-refractivity contribution >= 4 is 49.4 Å². The summed E-state index contributed by atoms with van der Waals surface area (Å²) in [6.07, 6.45) is 3.76. The van der Waals surface area contributed by atoms with E-state index in [9.17, 15) is 0 Å². The molecule has 0 N–H and O–H groups in total. The summed E-state index contributed by atoms with van der Waals surface area (Å²) >= 11 is 8.61. The van der Waals surface area contributed by atoms with Crippen LogP contribution < -0.4 is 4.80 Å². The first-order chi connectivity index (χ1) is 19.2. The molecule has 8 heteroatoms. The molecule has 2 heterocycles. The quantitative estimate of drug-likeness (QED) is 0.131. The predicted octanol–water partition coefficient (Wildman–Crippen LogP) is 8.52. The highest BCUT2D eigenvalue weighted by Gasteiger charge is 2.12. The van der Waals surface area contributed by atoms with E-state index in [0.717, 1.165) is 53.2 Å². The fraction of sp³-hybridized carbons (Fsp3) is 0. The Kier molecular flexibility index (Phi) is 7.49. The molecule has 0 saturated carbocycles. The number of halogens is 2. The Balaban J connectivity index is 1.44. The van der Waals surface area contributed by atoms with Crippen LogP contribution in [0.25, 0.3) is 33.9 Å². The normalized spacial score (nSPS) is 11.9. The molecule has 0 fully saturated rings. The first kappa shape index (κ1) is 25.4. The van der Waals surface area contributed by atoms with Gasteiger partial charge in [-0.25, -0.2) is 4.68 Å². The summed E-state index contributed by atoms with van der Waals surface area (Å²) in [5, 5.41) is 16.2. The minimum atomic E-state index is 0.774. The topological polar surface area (TPSA) is 47.5 Å². The highest BCUT2D eigenvalue weighted by atomic mass is 79.9. The van der Waals surface area contributed by atoms with Gasteiger partial charge in [-0.3, -0.25) is 4.57 Å². The van der Waals surface area contributed by atoms with E-state index in [-0.39, 0.29) is 0 Å². The molecule has 0 radical (unpaired) electrons. The molecule has 0 bridgehead atoms. The maximum atomic E-state index is 4.88. The zero-order valence-corrected chi connectivity index (χ0v) is 24.5.